The molecule has 1 unspecified atom stereocenters. The van der Waals surface area contributed by atoms with Crippen LogP contribution in [0.3, 0.4) is 0 Å². The Kier molecular flexibility index (Phi) is 4.33. The molecule has 6 nitrogen and oxygen atoms in total. The predicted molar refractivity (Wildman–Crippen MR) is 64.0 cm³/mol. The molecule has 0 fully saturated rings. The number of phenolic OH excluding ortho intramolecular Hbond substituents is 1. The summed E-state index contributed by atoms with van der Waals surface area (Å²) in [7, 11) is -3.65. The number of hydrogen-bond acceptors (Lipinski definition) is 5. The minimum Gasteiger partial charge on any atom is -0.506 e. The average Bonchev–Trinajstić information content (AvgIpc) is 2.21. The van der Waals surface area contributed by atoms with Crippen LogP contribution in [0.4, 0.5) is 5.69 Å². The van der Waals surface area contributed by atoms with Crippen LogP contribution in [0, 0.1) is 0 Å². The fourth-order valence-corrected chi connectivity index (χ4v) is 2.27. The van der Waals surface area contributed by atoms with Gasteiger partial charge in [-0.15, -0.1) is 0 Å². The van der Waals surface area contributed by atoms with Crippen LogP contribution >= 0.6 is 0 Å². The number of sulfonamides is 1. The lowest BCUT2D eigenvalue weighted by molar-refractivity contribution is 0.186. The number of hydrogen-bond donors (Lipinski definition) is 4. The molecule has 1 aromatic carbocycles. The smallest absolute Gasteiger partial charge is 0.240 e. The molecule has 0 saturated carbocycles. The second-order valence-electron chi connectivity index (χ2n) is 3.76. The van der Waals surface area contributed by atoms with Gasteiger partial charge in [-0.25, -0.2) is 13.1 Å². The Hall–Kier alpha value is -1.31. The molecule has 1 atom stereocenters. The Balaban J connectivity index is 2.79. The number of nitrogen functional groups attached to an aromatic ring is 1. The quantitative estimate of drug-likeness (QED) is 0.440. The summed E-state index contributed by atoms with van der Waals surface area (Å²) in [4.78, 5) is -0.0154. The van der Waals surface area contributed by atoms with Gasteiger partial charge in [0.1, 0.15) is 5.75 Å². The van der Waals surface area contributed by atoms with E-state index in [4.69, 9.17) is 10.8 Å². The molecule has 0 saturated heterocycles. The number of aromatic hydroxyl groups is 1. The van der Waals surface area contributed by atoms with Crippen LogP contribution in [0.25, 0.3) is 0 Å². The number of aliphatic hydroxyl groups excluding tert-OH is 1. The molecule has 1 aromatic rings. The van der Waals surface area contributed by atoms with Gasteiger partial charge in [0, 0.05) is 6.54 Å². The van der Waals surface area contributed by atoms with Gasteiger partial charge in [0.2, 0.25) is 10.0 Å². The van der Waals surface area contributed by atoms with Crippen molar-refractivity contribution in [2.45, 2.75) is 24.3 Å². The van der Waals surface area contributed by atoms with E-state index in [1.807, 2.05) is 0 Å². The summed E-state index contributed by atoms with van der Waals surface area (Å²) >= 11 is 0. The van der Waals surface area contributed by atoms with E-state index < -0.39 is 16.1 Å². The summed E-state index contributed by atoms with van der Waals surface area (Å²) in [5.74, 6) is -0.159. The Bertz CT molecular complexity index is 485. The monoisotopic (exact) mass is 260 g/mol. The fraction of sp³-hybridized carbons (Fsp3) is 0.400. The molecular formula is C10H16N2O4S. The lowest BCUT2D eigenvalue weighted by atomic mass is 10.3. The first-order valence-electron chi connectivity index (χ1n) is 5.09. The minimum absolute atomic E-state index is 0.00315. The van der Waals surface area contributed by atoms with Gasteiger partial charge >= 0.3 is 0 Å². The third-order valence-electron chi connectivity index (χ3n) is 2.16. The van der Waals surface area contributed by atoms with E-state index in [1.54, 1.807) is 6.92 Å². The molecule has 1 rings (SSSR count). The molecule has 0 spiro atoms. The molecule has 96 valence electrons. The highest BCUT2D eigenvalue weighted by Gasteiger charge is 2.14. The number of aliphatic hydroxyl groups is 1. The topological polar surface area (TPSA) is 113 Å². The summed E-state index contributed by atoms with van der Waals surface area (Å²) < 4.78 is 25.8. The van der Waals surface area contributed by atoms with E-state index in [2.05, 4.69) is 4.72 Å². The van der Waals surface area contributed by atoms with E-state index >= 15 is 0 Å². The van der Waals surface area contributed by atoms with Crippen LogP contribution in [-0.2, 0) is 10.0 Å². The van der Waals surface area contributed by atoms with E-state index in [9.17, 15) is 13.5 Å². The van der Waals surface area contributed by atoms with Gasteiger partial charge in [0.25, 0.3) is 0 Å². The van der Waals surface area contributed by atoms with E-state index in [-0.39, 0.29) is 22.9 Å². The molecule has 0 aliphatic carbocycles. The van der Waals surface area contributed by atoms with Crippen molar-refractivity contribution in [2.75, 3.05) is 12.3 Å². The summed E-state index contributed by atoms with van der Waals surface area (Å²) in [6, 6.07) is 3.66. The molecule has 0 bridgehead atoms. The first-order chi connectivity index (χ1) is 7.83. The van der Waals surface area contributed by atoms with E-state index in [0.29, 0.717) is 6.42 Å². The Labute approximate surface area is 100 Å². The minimum atomic E-state index is -3.65. The van der Waals surface area contributed by atoms with Gasteiger partial charge < -0.3 is 15.9 Å². The third-order valence-corrected chi connectivity index (χ3v) is 3.62. The molecule has 5 N–H and O–H groups in total. The van der Waals surface area contributed by atoms with Crippen LogP contribution in [-0.4, -0.2) is 31.3 Å². The summed E-state index contributed by atoms with van der Waals surface area (Å²) in [5.41, 5.74) is 5.42. The molecular weight excluding hydrogens is 244 g/mol. The standard InChI is InChI=1S/C10H16N2O4S/c1-7(13)4-5-12-17(15,16)8-2-3-10(14)9(11)6-8/h2-3,6-7,12-14H,4-5,11H2,1H3. The molecule has 0 amide bonds. The summed E-state index contributed by atoms with van der Waals surface area (Å²) in [6.45, 7) is 1.72. The second-order valence-corrected chi connectivity index (χ2v) is 5.52. The lowest BCUT2D eigenvalue weighted by Crippen LogP contribution is -2.26. The zero-order chi connectivity index (χ0) is 13.1. The molecule has 0 heterocycles. The van der Waals surface area contributed by atoms with Gasteiger partial charge in [-0.05, 0) is 31.5 Å². The van der Waals surface area contributed by atoms with Gasteiger partial charge in [-0.1, -0.05) is 0 Å². The van der Waals surface area contributed by atoms with E-state index in [1.165, 1.54) is 18.2 Å². The normalized spacial score (nSPS) is 13.5. The number of rotatable bonds is 5. The number of anilines is 1. The molecule has 0 aromatic heterocycles. The highest BCUT2D eigenvalue weighted by Crippen LogP contribution is 2.22. The maximum absolute atomic E-state index is 11.7. The van der Waals surface area contributed by atoms with Crippen molar-refractivity contribution in [1.82, 2.24) is 4.72 Å². The zero-order valence-electron chi connectivity index (χ0n) is 9.42. The SMILES string of the molecule is CC(O)CCNS(=O)(=O)c1ccc(O)c(N)c1. The van der Waals surface area contributed by atoms with Crippen molar-refractivity contribution in [3.8, 4) is 5.75 Å². The zero-order valence-corrected chi connectivity index (χ0v) is 10.2. The fourth-order valence-electron chi connectivity index (χ4n) is 1.19. The summed E-state index contributed by atoms with van der Waals surface area (Å²) in [6.07, 6.45) is -0.241. The van der Waals surface area contributed by atoms with Crippen LogP contribution in [0.5, 0.6) is 5.75 Å². The first kappa shape index (κ1) is 13.8. The van der Waals surface area contributed by atoms with Gasteiger partial charge in [-0.2, -0.15) is 0 Å². The number of phenols is 1. The third kappa shape index (κ3) is 3.88. The van der Waals surface area contributed by atoms with Crippen LogP contribution in [0.2, 0.25) is 0 Å². The maximum atomic E-state index is 11.7. The van der Waals surface area contributed by atoms with Gasteiger partial charge in [0.15, 0.2) is 0 Å². The number of nitrogens with two attached hydrogens (primary N) is 1. The number of nitrogens with one attached hydrogen (secondary N) is 1. The molecule has 0 aliphatic heterocycles. The molecule has 17 heavy (non-hydrogen) atoms. The van der Waals surface area contributed by atoms with Crippen molar-refractivity contribution < 1.29 is 18.6 Å². The van der Waals surface area contributed by atoms with Crippen LogP contribution < -0.4 is 10.5 Å². The highest BCUT2D eigenvalue weighted by molar-refractivity contribution is 7.89. The molecule has 0 aliphatic rings. The lowest BCUT2D eigenvalue weighted by Gasteiger charge is -2.09. The van der Waals surface area contributed by atoms with Crippen molar-refractivity contribution in [2.24, 2.45) is 0 Å². The van der Waals surface area contributed by atoms with Crippen LogP contribution in [0.1, 0.15) is 13.3 Å². The highest BCUT2D eigenvalue weighted by atomic mass is 32.2. The van der Waals surface area contributed by atoms with Crippen molar-refractivity contribution in [3.05, 3.63) is 18.2 Å². The first-order valence-corrected chi connectivity index (χ1v) is 6.57. The van der Waals surface area contributed by atoms with E-state index in [0.717, 1.165) is 0 Å². The predicted octanol–water partition coefficient (Wildman–Crippen LogP) is 0.0236. The van der Waals surface area contributed by atoms with Gasteiger partial charge in [0.05, 0.1) is 16.7 Å². The average molecular weight is 260 g/mol. The molecule has 0 radical (unpaired) electrons. The van der Waals surface area contributed by atoms with Crippen molar-refractivity contribution in [3.63, 3.8) is 0 Å². The Morgan fingerprint density at radius 2 is 2.12 bits per heavy atom. The summed E-state index contributed by atoms with van der Waals surface area (Å²) in [5, 5.41) is 18.2. The van der Waals surface area contributed by atoms with Crippen molar-refractivity contribution in [1.29, 1.82) is 0 Å². The van der Waals surface area contributed by atoms with Crippen LogP contribution in [0.15, 0.2) is 23.1 Å². The van der Waals surface area contributed by atoms with Gasteiger partial charge in [-0.3, -0.25) is 0 Å². The largest absolute Gasteiger partial charge is 0.506 e. The Morgan fingerprint density at radius 3 is 2.65 bits per heavy atom. The second kappa shape index (κ2) is 5.35. The maximum Gasteiger partial charge on any atom is 0.240 e. The molecule has 7 heteroatoms. The Morgan fingerprint density at radius 1 is 1.47 bits per heavy atom. The number of benzene rings is 1. The van der Waals surface area contributed by atoms with Crippen molar-refractivity contribution >= 4 is 15.7 Å².